The minimum absolute atomic E-state index is 0.275. The lowest BCUT2D eigenvalue weighted by atomic mass is 9.87. The van der Waals surface area contributed by atoms with E-state index >= 15 is 0 Å². The van der Waals surface area contributed by atoms with Crippen LogP contribution in [0.1, 0.15) is 43.2 Å². The average Bonchev–Trinajstić information content (AvgIpc) is 2.48. The van der Waals surface area contributed by atoms with Crippen LogP contribution >= 0.6 is 31.9 Å². The van der Waals surface area contributed by atoms with Gasteiger partial charge >= 0.3 is 0 Å². The Kier molecular flexibility index (Phi) is 4.44. The normalized spacial score (nSPS) is 20.4. The molecular formula is C16H21Br2N5. The molecule has 0 atom stereocenters. The van der Waals surface area contributed by atoms with Crippen LogP contribution in [0.3, 0.4) is 0 Å². The van der Waals surface area contributed by atoms with Gasteiger partial charge in [-0.1, -0.05) is 6.42 Å². The summed E-state index contributed by atoms with van der Waals surface area (Å²) in [5.41, 5.74) is 15.2. The molecule has 7 heteroatoms. The van der Waals surface area contributed by atoms with Crippen molar-refractivity contribution in [3.05, 3.63) is 26.1 Å². The number of nitrogens with zero attached hydrogens (tertiary/aromatic N) is 3. The summed E-state index contributed by atoms with van der Waals surface area (Å²) < 4.78 is 1.99. The first kappa shape index (κ1) is 16.8. The van der Waals surface area contributed by atoms with Crippen LogP contribution in [0.25, 0.3) is 0 Å². The van der Waals surface area contributed by atoms with Gasteiger partial charge in [-0.25, -0.2) is 4.99 Å². The summed E-state index contributed by atoms with van der Waals surface area (Å²) in [6.45, 7) is 4.19. The molecule has 1 saturated carbocycles. The molecule has 2 aliphatic rings. The van der Waals surface area contributed by atoms with E-state index in [0.29, 0.717) is 5.96 Å². The SMILES string of the molecule is Cc1cc(Br)c(N2C(N)=NC(N)=NC23CCCCC3)c(Br)c1C. The van der Waals surface area contributed by atoms with Crippen molar-refractivity contribution in [2.45, 2.75) is 51.6 Å². The molecule has 0 amide bonds. The van der Waals surface area contributed by atoms with E-state index in [-0.39, 0.29) is 5.96 Å². The van der Waals surface area contributed by atoms with Crippen LogP contribution in [0.4, 0.5) is 5.69 Å². The number of halogens is 2. The highest BCUT2D eigenvalue weighted by molar-refractivity contribution is 9.11. The third-order valence-electron chi connectivity index (χ3n) is 4.77. The van der Waals surface area contributed by atoms with Crippen LogP contribution in [0.2, 0.25) is 0 Å². The first-order chi connectivity index (χ1) is 10.9. The number of hydrogen-bond donors (Lipinski definition) is 2. The molecule has 1 aliphatic heterocycles. The maximum Gasteiger partial charge on any atom is 0.220 e. The second-order valence-electron chi connectivity index (χ2n) is 6.28. The van der Waals surface area contributed by atoms with Crippen LogP contribution in [0, 0.1) is 13.8 Å². The van der Waals surface area contributed by atoms with E-state index in [1.807, 2.05) is 0 Å². The standard InChI is InChI=1S/C16H21Br2N5/c1-9-8-11(17)13(12(18)10(9)2)23-15(20)21-14(19)22-16(23)6-4-3-5-7-16/h8H,3-7H2,1-2H3,(H4,19,20,21,22). The second-order valence-corrected chi connectivity index (χ2v) is 7.93. The molecule has 3 rings (SSSR count). The molecular weight excluding hydrogens is 422 g/mol. The van der Waals surface area contributed by atoms with Gasteiger partial charge in [0, 0.05) is 8.95 Å². The molecule has 1 fully saturated rings. The largest absolute Gasteiger partial charge is 0.369 e. The first-order valence-electron chi connectivity index (χ1n) is 7.81. The van der Waals surface area contributed by atoms with Gasteiger partial charge in [-0.3, -0.25) is 4.90 Å². The Bertz CT molecular complexity index is 705. The third kappa shape index (κ3) is 2.78. The molecule has 5 nitrogen and oxygen atoms in total. The maximum atomic E-state index is 6.31. The van der Waals surface area contributed by atoms with Gasteiger partial charge in [-0.15, -0.1) is 0 Å². The van der Waals surface area contributed by atoms with Gasteiger partial charge in [0.25, 0.3) is 0 Å². The molecule has 0 bridgehead atoms. The van der Waals surface area contributed by atoms with Gasteiger partial charge in [-0.05, 0) is 88.6 Å². The van der Waals surface area contributed by atoms with Crippen molar-refractivity contribution in [3.8, 4) is 0 Å². The predicted octanol–water partition coefficient (Wildman–Crippen LogP) is 3.94. The van der Waals surface area contributed by atoms with E-state index in [4.69, 9.17) is 16.5 Å². The molecule has 1 heterocycles. The van der Waals surface area contributed by atoms with Gasteiger partial charge in [0.1, 0.15) is 5.66 Å². The van der Waals surface area contributed by atoms with Crippen LogP contribution < -0.4 is 16.4 Å². The number of aryl methyl sites for hydroxylation is 1. The van der Waals surface area contributed by atoms with Crippen molar-refractivity contribution in [3.63, 3.8) is 0 Å². The Morgan fingerprint density at radius 2 is 1.78 bits per heavy atom. The molecule has 23 heavy (non-hydrogen) atoms. The number of anilines is 1. The highest BCUT2D eigenvalue weighted by Gasteiger charge is 2.44. The number of guanidine groups is 2. The zero-order chi connectivity index (χ0) is 16.8. The Labute approximate surface area is 153 Å². The number of rotatable bonds is 1. The summed E-state index contributed by atoms with van der Waals surface area (Å²) in [7, 11) is 0. The summed E-state index contributed by atoms with van der Waals surface area (Å²) in [5, 5.41) is 0. The minimum Gasteiger partial charge on any atom is -0.369 e. The van der Waals surface area contributed by atoms with Crippen LogP contribution in [0.5, 0.6) is 0 Å². The molecule has 1 spiro atoms. The fourth-order valence-electron chi connectivity index (χ4n) is 3.47. The Hall–Kier alpha value is -1.08. The lowest BCUT2D eigenvalue weighted by Crippen LogP contribution is -2.58. The lowest BCUT2D eigenvalue weighted by molar-refractivity contribution is 0.305. The van der Waals surface area contributed by atoms with Gasteiger partial charge in [-0.2, -0.15) is 4.99 Å². The first-order valence-corrected chi connectivity index (χ1v) is 9.39. The van der Waals surface area contributed by atoms with E-state index in [9.17, 15) is 0 Å². The van der Waals surface area contributed by atoms with E-state index < -0.39 is 5.66 Å². The van der Waals surface area contributed by atoms with E-state index in [1.54, 1.807) is 0 Å². The summed E-state index contributed by atoms with van der Waals surface area (Å²) in [5.74, 6) is 0.681. The number of aliphatic imine (C=N–C) groups is 2. The summed E-state index contributed by atoms with van der Waals surface area (Å²) in [6.07, 6.45) is 5.30. The van der Waals surface area contributed by atoms with Gasteiger partial charge in [0.05, 0.1) is 5.69 Å². The molecule has 1 aliphatic carbocycles. The maximum absolute atomic E-state index is 6.31. The summed E-state index contributed by atoms with van der Waals surface area (Å²) in [6, 6.07) is 2.11. The van der Waals surface area contributed by atoms with Crippen molar-refractivity contribution in [1.82, 2.24) is 0 Å². The Morgan fingerprint density at radius 1 is 1.13 bits per heavy atom. The zero-order valence-corrected chi connectivity index (χ0v) is 16.5. The van der Waals surface area contributed by atoms with Crippen molar-refractivity contribution in [1.29, 1.82) is 0 Å². The lowest BCUT2D eigenvalue weighted by Gasteiger charge is -2.46. The molecule has 4 N–H and O–H groups in total. The highest BCUT2D eigenvalue weighted by atomic mass is 79.9. The van der Waals surface area contributed by atoms with Crippen LogP contribution in [-0.2, 0) is 0 Å². The molecule has 1 aromatic rings. The van der Waals surface area contributed by atoms with E-state index in [2.05, 4.69) is 61.7 Å². The van der Waals surface area contributed by atoms with Crippen LogP contribution in [-0.4, -0.2) is 17.6 Å². The quantitative estimate of drug-likeness (QED) is 0.691. The fourth-order valence-corrected chi connectivity index (χ4v) is 5.16. The Morgan fingerprint density at radius 3 is 2.43 bits per heavy atom. The summed E-state index contributed by atoms with van der Waals surface area (Å²) >= 11 is 7.45. The Balaban J connectivity index is 2.21. The predicted molar refractivity (Wildman–Crippen MR) is 103 cm³/mol. The van der Waals surface area contributed by atoms with Crippen molar-refractivity contribution < 1.29 is 0 Å². The molecule has 0 unspecified atom stereocenters. The molecule has 0 radical (unpaired) electrons. The van der Waals surface area contributed by atoms with Crippen LogP contribution in [0.15, 0.2) is 25.0 Å². The number of nitrogens with two attached hydrogens (primary N) is 2. The highest BCUT2D eigenvalue weighted by Crippen LogP contribution is 2.46. The van der Waals surface area contributed by atoms with Crippen molar-refractivity contribution >= 4 is 49.5 Å². The molecule has 0 saturated heterocycles. The zero-order valence-electron chi connectivity index (χ0n) is 13.4. The monoisotopic (exact) mass is 441 g/mol. The number of hydrogen-bond acceptors (Lipinski definition) is 5. The number of benzene rings is 1. The van der Waals surface area contributed by atoms with Gasteiger partial charge in [0.2, 0.25) is 11.9 Å². The third-order valence-corrected chi connectivity index (χ3v) is 6.35. The fraction of sp³-hybridized carbons (Fsp3) is 0.500. The second kappa shape index (κ2) is 6.09. The molecule has 124 valence electrons. The van der Waals surface area contributed by atoms with Crippen molar-refractivity contribution in [2.75, 3.05) is 4.90 Å². The van der Waals surface area contributed by atoms with Gasteiger partial charge < -0.3 is 11.5 Å². The average molecular weight is 443 g/mol. The summed E-state index contributed by atoms with van der Waals surface area (Å²) in [4.78, 5) is 11.0. The topological polar surface area (TPSA) is 80.0 Å². The minimum atomic E-state index is -0.430. The molecule has 1 aromatic carbocycles. The van der Waals surface area contributed by atoms with Crippen molar-refractivity contribution in [2.24, 2.45) is 21.5 Å². The van der Waals surface area contributed by atoms with E-state index in [1.165, 1.54) is 17.5 Å². The van der Waals surface area contributed by atoms with E-state index in [0.717, 1.165) is 40.3 Å². The van der Waals surface area contributed by atoms with Gasteiger partial charge in [0.15, 0.2) is 0 Å². The molecule has 0 aromatic heterocycles. The smallest absolute Gasteiger partial charge is 0.220 e.